The van der Waals surface area contributed by atoms with Gasteiger partial charge in [0.05, 0.1) is 25.8 Å². The number of carbonyl (C=O) groups is 3. The molecule has 0 radical (unpaired) electrons. The van der Waals surface area contributed by atoms with E-state index in [1.807, 2.05) is 4.90 Å². The number of morpholine rings is 1. The van der Waals surface area contributed by atoms with E-state index in [-0.39, 0.29) is 55.5 Å². The van der Waals surface area contributed by atoms with Gasteiger partial charge in [0.15, 0.2) is 0 Å². The van der Waals surface area contributed by atoms with Crippen molar-refractivity contribution in [3.8, 4) is 0 Å². The van der Waals surface area contributed by atoms with Gasteiger partial charge in [-0.25, -0.2) is 13.2 Å². The summed E-state index contributed by atoms with van der Waals surface area (Å²) in [6, 6.07) is -2.40. The maximum atomic E-state index is 12.3. The Morgan fingerprint density at radius 1 is 1.21 bits per heavy atom. The fraction of sp³-hybridized carbons (Fsp3) is 0.769. The molecule has 3 heterocycles. The van der Waals surface area contributed by atoms with Crippen LogP contribution in [0.1, 0.15) is 12.8 Å². The number of piperidine rings is 1. The summed E-state index contributed by atoms with van der Waals surface area (Å²) in [7, 11) is -5.10. The number of urea groups is 1. The van der Waals surface area contributed by atoms with Gasteiger partial charge in [0.25, 0.3) is 11.8 Å². The number of carbonyl (C=O) groups excluding carboxylic acids is 3. The van der Waals surface area contributed by atoms with Crippen LogP contribution in [0.3, 0.4) is 0 Å². The SMILES string of the molecule is O=C(CN1CCOCC1)NNC(=O)[C@@H]1CC[C@H]2CN1C(=O)N2OS(=O)(=O)[O-].[Na+]. The van der Waals surface area contributed by atoms with Gasteiger partial charge >= 0.3 is 35.6 Å². The van der Waals surface area contributed by atoms with Gasteiger partial charge in [0.2, 0.25) is 10.4 Å². The van der Waals surface area contributed by atoms with E-state index in [9.17, 15) is 27.4 Å². The predicted molar refractivity (Wildman–Crippen MR) is 85.1 cm³/mol. The van der Waals surface area contributed by atoms with E-state index in [4.69, 9.17) is 4.74 Å². The Hall–Kier alpha value is -1.00. The van der Waals surface area contributed by atoms with Crippen LogP contribution < -0.4 is 40.4 Å². The zero-order valence-electron chi connectivity index (χ0n) is 15.3. The molecular weight excluding hydrogens is 409 g/mol. The molecule has 0 aromatic carbocycles. The van der Waals surface area contributed by atoms with Crippen molar-refractivity contribution >= 4 is 28.2 Å². The summed E-state index contributed by atoms with van der Waals surface area (Å²) in [5.41, 5.74) is 4.58. The van der Waals surface area contributed by atoms with Crippen molar-refractivity contribution in [2.45, 2.75) is 24.9 Å². The van der Waals surface area contributed by atoms with Crippen molar-refractivity contribution in [2.24, 2.45) is 0 Å². The number of amides is 4. The molecule has 0 aromatic heterocycles. The monoisotopic (exact) mass is 429 g/mol. The van der Waals surface area contributed by atoms with Crippen LogP contribution in [0.5, 0.6) is 0 Å². The molecule has 3 fully saturated rings. The molecule has 2 atom stereocenters. The van der Waals surface area contributed by atoms with Crippen LogP contribution in [-0.2, 0) is 29.0 Å². The van der Waals surface area contributed by atoms with E-state index in [0.29, 0.717) is 31.4 Å². The molecule has 0 aromatic rings. The van der Waals surface area contributed by atoms with Crippen molar-refractivity contribution in [2.75, 3.05) is 39.4 Å². The summed E-state index contributed by atoms with van der Waals surface area (Å²) in [6.45, 7) is 2.46. The van der Waals surface area contributed by atoms with Gasteiger partial charge < -0.3 is 14.2 Å². The quantitative estimate of drug-likeness (QED) is 0.188. The van der Waals surface area contributed by atoms with Gasteiger partial charge in [-0.2, -0.15) is 9.35 Å². The molecule has 4 amide bonds. The maximum absolute atomic E-state index is 12.3. The Bertz CT molecular complexity index is 716. The number of ether oxygens (including phenoxy) is 1. The molecule has 15 heteroatoms. The smallest absolute Gasteiger partial charge is 0.724 e. The fourth-order valence-electron chi connectivity index (χ4n) is 3.32. The van der Waals surface area contributed by atoms with E-state index in [2.05, 4.69) is 15.1 Å². The molecule has 2 N–H and O–H groups in total. The number of hydrazine groups is 1. The maximum Gasteiger partial charge on any atom is 1.00 e. The molecule has 152 valence electrons. The zero-order chi connectivity index (χ0) is 19.6. The molecular formula is C13H20N5NaO8S. The van der Waals surface area contributed by atoms with E-state index in [1.165, 1.54) is 0 Å². The second kappa shape index (κ2) is 9.67. The molecule has 0 saturated carbocycles. The Kier molecular flexibility index (Phi) is 8.04. The van der Waals surface area contributed by atoms with E-state index < -0.39 is 40.3 Å². The third kappa shape index (κ3) is 5.76. The van der Waals surface area contributed by atoms with Crippen LogP contribution in [-0.4, -0.2) is 97.2 Å². The number of hydrogen-bond acceptors (Lipinski definition) is 9. The molecule has 2 bridgehead atoms. The molecule has 0 aliphatic carbocycles. The van der Waals surface area contributed by atoms with E-state index in [0.717, 1.165) is 4.90 Å². The molecule has 3 aliphatic heterocycles. The summed E-state index contributed by atoms with van der Waals surface area (Å²) >= 11 is 0. The predicted octanol–water partition coefficient (Wildman–Crippen LogP) is -5.87. The van der Waals surface area contributed by atoms with Gasteiger partial charge in [-0.15, -0.1) is 0 Å². The normalized spacial score (nSPS) is 25.2. The number of rotatable bonds is 5. The van der Waals surface area contributed by atoms with Crippen LogP contribution in [0.4, 0.5) is 4.79 Å². The van der Waals surface area contributed by atoms with Gasteiger partial charge in [-0.1, -0.05) is 0 Å². The second-order valence-electron chi connectivity index (χ2n) is 6.42. The minimum atomic E-state index is -5.10. The first-order valence-corrected chi connectivity index (χ1v) is 9.72. The molecule has 3 rings (SSSR count). The average molecular weight is 429 g/mol. The summed E-state index contributed by atoms with van der Waals surface area (Å²) in [5, 5.41) is 0.493. The van der Waals surface area contributed by atoms with Crippen molar-refractivity contribution in [1.29, 1.82) is 0 Å². The number of fused-ring (bicyclic) bond motifs is 2. The first kappa shape index (κ1) is 23.3. The topological polar surface area (TPSA) is 161 Å². The molecule has 13 nitrogen and oxygen atoms in total. The number of hydroxylamine groups is 2. The minimum absolute atomic E-state index is 0. The van der Waals surface area contributed by atoms with Gasteiger partial charge in [0, 0.05) is 19.6 Å². The minimum Gasteiger partial charge on any atom is -0.724 e. The van der Waals surface area contributed by atoms with Crippen molar-refractivity contribution in [3.05, 3.63) is 0 Å². The Morgan fingerprint density at radius 3 is 2.54 bits per heavy atom. The first-order valence-electron chi connectivity index (χ1n) is 8.38. The van der Waals surface area contributed by atoms with Crippen molar-refractivity contribution in [3.63, 3.8) is 0 Å². The van der Waals surface area contributed by atoms with Gasteiger partial charge in [-0.05, 0) is 12.8 Å². The summed E-state index contributed by atoms with van der Waals surface area (Å²) in [5.74, 6) is -1.02. The number of hydrogen-bond donors (Lipinski definition) is 2. The fourth-order valence-corrected chi connectivity index (χ4v) is 3.70. The molecule has 0 spiro atoms. The molecule has 3 aliphatic rings. The molecule has 3 saturated heterocycles. The van der Waals surface area contributed by atoms with E-state index >= 15 is 0 Å². The summed E-state index contributed by atoms with van der Waals surface area (Å²) in [4.78, 5) is 39.4. The van der Waals surface area contributed by atoms with Crippen LogP contribution >= 0.6 is 0 Å². The van der Waals surface area contributed by atoms with Crippen LogP contribution in [0.25, 0.3) is 0 Å². The molecule has 0 unspecified atom stereocenters. The third-order valence-corrected chi connectivity index (χ3v) is 4.94. The Labute approximate surface area is 183 Å². The number of nitrogens with zero attached hydrogens (tertiary/aromatic N) is 3. The number of nitrogens with one attached hydrogen (secondary N) is 2. The van der Waals surface area contributed by atoms with Crippen LogP contribution in [0.2, 0.25) is 0 Å². The zero-order valence-corrected chi connectivity index (χ0v) is 18.1. The Morgan fingerprint density at radius 2 is 1.89 bits per heavy atom. The first-order chi connectivity index (χ1) is 12.7. The van der Waals surface area contributed by atoms with Gasteiger partial charge in [-0.3, -0.25) is 25.3 Å². The van der Waals surface area contributed by atoms with Crippen LogP contribution in [0.15, 0.2) is 0 Å². The van der Waals surface area contributed by atoms with E-state index in [1.54, 1.807) is 0 Å². The average Bonchev–Trinajstić information content (AvgIpc) is 2.84. The second-order valence-corrected chi connectivity index (χ2v) is 7.38. The van der Waals surface area contributed by atoms with Crippen LogP contribution in [0, 0.1) is 0 Å². The molecule has 28 heavy (non-hydrogen) atoms. The summed E-state index contributed by atoms with van der Waals surface area (Å²) in [6.07, 6.45) is 0.512. The summed E-state index contributed by atoms with van der Waals surface area (Å²) < 4.78 is 41.6. The standard InChI is InChI=1S/C13H21N5O8S.Na/c19-11(8-16-3-5-25-6-4-16)14-15-12(20)10-2-1-9-7-17(10)13(21)18(9)26-27(22,23)24;/h9-10H,1-8H2,(H,14,19)(H,15,20)(H,22,23,24);/q;+1/p-1/t9-,10-;/m0./s1. The largest absolute Gasteiger partial charge is 1.00 e. The van der Waals surface area contributed by atoms with Crippen molar-refractivity contribution in [1.82, 2.24) is 25.7 Å². The third-order valence-electron chi connectivity index (χ3n) is 4.59. The Balaban J connectivity index is 0.00000280. The van der Waals surface area contributed by atoms with Crippen molar-refractivity contribution < 1.29 is 65.9 Å². The van der Waals surface area contributed by atoms with Gasteiger partial charge in [0.1, 0.15) is 6.04 Å².